The van der Waals surface area contributed by atoms with E-state index in [1.54, 1.807) is 0 Å². The van der Waals surface area contributed by atoms with E-state index >= 15 is 0 Å². The van der Waals surface area contributed by atoms with E-state index < -0.39 is 0 Å². The lowest BCUT2D eigenvalue weighted by molar-refractivity contribution is 0.660. The predicted octanol–water partition coefficient (Wildman–Crippen LogP) is 11.4. The Hall–Kier alpha value is -5.14. The van der Waals surface area contributed by atoms with Crippen molar-refractivity contribution in [2.24, 2.45) is 0 Å². The Morgan fingerprint density at radius 1 is 0.465 bits per heavy atom. The molecule has 1 heterocycles. The van der Waals surface area contributed by atoms with E-state index in [0.29, 0.717) is 0 Å². The molecule has 0 saturated heterocycles. The highest BCUT2D eigenvalue weighted by Crippen LogP contribution is 2.51. The highest BCUT2D eigenvalue weighted by Gasteiger charge is 2.35. The number of fused-ring (bicyclic) bond motifs is 8. The molecular formula is C42H31N. The molecule has 0 saturated carbocycles. The second-order valence-corrected chi connectivity index (χ2v) is 12.6. The van der Waals surface area contributed by atoms with E-state index in [9.17, 15) is 0 Å². The van der Waals surface area contributed by atoms with Gasteiger partial charge < -0.3 is 4.57 Å². The fourth-order valence-electron chi connectivity index (χ4n) is 7.86. The molecule has 0 atom stereocenters. The molecule has 0 aliphatic heterocycles. The minimum absolute atomic E-state index is 0.00836. The van der Waals surface area contributed by atoms with Crippen molar-refractivity contribution in [1.82, 2.24) is 4.57 Å². The third kappa shape index (κ3) is 3.28. The molecule has 1 heteroatoms. The summed E-state index contributed by atoms with van der Waals surface area (Å²) in [6.45, 7) is 6.91. The Labute approximate surface area is 251 Å². The SMILES string of the molecule is Cc1ccc2c(-n3c4ccccc4c4ccccc43)c3ccccc3c(-c3ccc4c(c3)-c3ccccc3C4(C)C)c2c1. The number of hydrogen-bond acceptors (Lipinski definition) is 0. The molecule has 1 aliphatic carbocycles. The molecule has 0 unspecified atom stereocenters. The van der Waals surface area contributed by atoms with Crippen LogP contribution in [-0.2, 0) is 5.41 Å². The number of rotatable bonds is 2. The van der Waals surface area contributed by atoms with Crippen LogP contribution in [-0.4, -0.2) is 4.57 Å². The van der Waals surface area contributed by atoms with Crippen LogP contribution in [0.15, 0.2) is 133 Å². The van der Waals surface area contributed by atoms with E-state index in [1.165, 1.54) is 88.0 Å². The zero-order valence-electron chi connectivity index (χ0n) is 24.6. The standard InChI is InChI=1S/C42H31N/c1-26-20-22-33-35(24-26)40(27-21-23-37-34(25-27)28-12-6-9-17-36(28)42(37,2)3)31-15-4-5-16-32(31)41(33)43-38-18-10-7-13-29(38)30-14-8-11-19-39(30)43/h4-25H,1-3H3. The van der Waals surface area contributed by atoms with Crippen LogP contribution in [0.4, 0.5) is 0 Å². The van der Waals surface area contributed by atoms with Gasteiger partial charge in [0.1, 0.15) is 0 Å². The molecule has 7 aromatic carbocycles. The van der Waals surface area contributed by atoms with Crippen LogP contribution in [0.3, 0.4) is 0 Å². The molecule has 9 rings (SSSR count). The van der Waals surface area contributed by atoms with Crippen molar-refractivity contribution >= 4 is 43.4 Å². The molecule has 1 nitrogen and oxygen atoms in total. The van der Waals surface area contributed by atoms with Gasteiger partial charge in [0.2, 0.25) is 0 Å². The van der Waals surface area contributed by atoms with E-state index in [2.05, 4.69) is 159 Å². The molecule has 0 bridgehead atoms. The van der Waals surface area contributed by atoms with Gasteiger partial charge in [-0.05, 0) is 69.3 Å². The molecule has 1 aliphatic rings. The van der Waals surface area contributed by atoms with Gasteiger partial charge in [0.25, 0.3) is 0 Å². The fraction of sp³-hybridized carbons (Fsp3) is 0.0952. The Kier molecular flexibility index (Phi) is 4.94. The van der Waals surface area contributed by atoms with E-state index in [-0.39, 0.29) is 5.41 Å². The van der Waals surface area contributed by atoms with E-state index in [4.69, 9.17) is 0 Å². The van der Waals surface area contributed by atoms with Crippen LogP contribution in [0.5, 0.6) is 0 Å². The minimum Gasteiger partial charge on any atom is -0.308 e. The highest BCUT2D eigenvalue weighted by molar-refractivity contribution is 6.21. The maximum atomic E-state index is 2.50. The van der Waals surface area contributed by atoms with Crippen LogP contribution < -0.4 is 0 Å². The van der Waals surface area contributed by atoms with E-state index in [0.717, 1.165) is 0 Å². The molecular weight excluding hydrogens is 518 g/mol. The van der Waals surface area contributed by atoms with Gasteiger partial charge in [-0.1, -0.05) is 135 Å². The summed E-state index contributed by atoms with van der Waals surface area (Å²) in [5.41, 5.74) is 13.1. The second kappa shape index (κ2) is 8.69. The normalized spacial score (nSPS) is 13.7. The van der Waals surface area contributed by atoms with Crippen molar-refractivity contribution in [2.75, 3.05) is 0 Å². The lowest BCUT2D eigenvalue weighted by atomic mass is 9.82. The number of benzene rings is 7. The van der Waals surface area contributed by atoms with E-state index in [1.807, 2.05) is 0 Å². The van der Waals surface area contributed by atoms with Crippen molar-refractivity contribution in [3.8, 4) is 27.9 Å². The Morgan fingerprint density at radius 2 is 1.05 bits per heavy atom. The first-order chi connectivity index (χ1) is 21.0. The third-order valence-electron chi connectivity index (χ3n) is 9.83. The molecule has 0 N–H and O–H groups in total. The van der Waals surface area contributed by atoms with Crippen molar-refractivity contribution in [1.29, 1.82) is 0 Å². The molecule has 204 valence electrons. The number of para-hydroxylation sites is 2. The van der Waals surface area contributed by atoms with Crippen molar-refractivity contribution < 1.29 is 0 Å². The summed E-state index contributed by atoms with van der Waals surface area (Å²) in [6.07, 6.45) is 0. The van der Waals surface area contributed by atoms with Crippen molar-refractivity contribution in [2.45, 2.75) is 26.2 Å². The average Bonchev–Trinajstić information content (AvgIpc) is 3.48. The quantitative estimate of drug-likeness (QED) is 0.189. The first-order valence-corrected chi connectivity index (χ1v) is 15.2. The summed E-state index contributed by atoms with van der Waals surface area (Å²) in [7, 11) is 0. The number of hydrogen-bond donors (Lipinski definition) is 0. The smallest absolute Gasteiger partial charge is 0.0619 e. The number of aryl methyl sites for hydroxylation is 1. The van der Waals surface area contributed by atoms with Crippen molar-refractivity contribution in [3.05, 3.63) is 150 Å². The molecule has 8 aromatic rings. The Morgan fingerprint density at radius 3 is 1.79 bits per heavy atom. The summed E-state index contributed by atoms with van der Waals surface area (Å²) in [6, 6.07) is 49.7. The first kappa shape index (κ1) is 24.5. The average molecular weight is 550 g/mol. The maximum Gasteiger partial charge on any atom is 0.0619 e. The van der Waals surface area contributed by atoms with Crippen molar-refractivity contribution in [3.63, 3.8) is 0 Å². The van der Waals surface area contributed by atoms with Gasteiger partial charge in [-0.15, -0.1) is 0 Å². The fourth-order valence-corrected chi connectivity index (χ4v) is 7.86. The van der Waals surface area contributed by atoms with Gasteiger partial charge in [-0.25, -0.2) is 0 Å². The zero-order chi connectivity index (χ0) is 28.9. The lowest BCUT2D eigenvalue weighted by Gasteiger charge is -2.22. The lowest BCUT2D eigenvalue weighted by Crippen LogP contribution is -2.14. The summed E-state index contributed by atoms with van der Waals surface area (Å²) in [5.74, 6) is 0. The monoisotopic (exact) mass is 549 g/mol. The zero-order valence-corrected chi connectivity index (χ0v) is 24.6. The van der Waals surface area contributed by atoms with Crippen LogP contribution in [0.2, 0.25) is 0 Å². The minimum atomic E-state index is -0.00836. The molecule has 0 amide bonds. The van der Waals surface area contributed by atoms with Crippen LogP contribution in [0, 0.1) is 6.92 Å². The summed E-state index contributed by atoms with van der Waals surface area (Å²) in [5, 5.41) is 7.68. The summed E-state index contributed by atoms with van der Waals surface area (Å²) in [4.78, 5) is 0. The molecule has 0 spiro atoms. The second-order valence-electron chi connectivity index (χ2n) is 12.6. The number of aromatic nitrogens is 1. The molecule has 0 fully saturated rings. The largest absolute Gasteiger partial charge is 0.308 e. The third-order valence-corrected chi connectivity index (χ3v) is 9.83. The van der Waals surface area contributed by atoms with Crippen LogP contribution in [0.1, 0.15) is 30.5 Å². The van der Waals surface area contributed by atoms with Gasteiger partial charge >= 0.3 is 0 Å². The Balaban J connectivity index is 1.43. The summed E-state index contributed by atoms with van der Waals surface area (Å²) < 4.78 is 2.50. The molecule has 0 radical (unpaired) electrons. The molecule has 1 aromatic heterocycles. The van der Waals surface area contributed by atoms with Gasteiger partial charge in [0, 0.05) is 27.0 Å². The number of nitrogens with zero attached hydrogens (tertiary/aromatic N) is 1. The first-order valence-electron chi connectivity index (χ1n) is 15.2. The predicted molar refractivity (Wildman–Crippen MR) is 184 cm³/mol. The van der Waals surface area contributed by atoms with Gasteiger partial charge in [0.05, 0.1) is 16.7 Å². The van der Waals surface area contributed by atoms with Crippen LogP contribution >= 0.6 is 0 Å². The highest BCUT2D eigenvalue weighted by atomic mass is 15.0. The molecule has 43 heavy (non-hydrogen) atoms. The van der Waals surface area contributed by atoms with Gasteiger partial charge in [0.15, 0.2) is 0 Å². The Bertz CT molecular complexity index is 2380. The van der Waals surface area contributed by atoms with Gasteiger partial charge in [-0.3, -0.25) is 0 Å². The summed E-state index contributed by atoms with van der Waals surface area (Å²) >= 11 is 0. The van der Waals surface area contributed by atoms with Crippen LogP contribution in [0.25, 0.3) is 71.3 Å². The van der Waals surface area contributed by atoms with Gasteiger partial charge in [-0.2, -0.15) is 0 Å². The maximum absolute atomic E-state index is 2.50. The topological polar surface area (TPSA) is 4.93 Å².